The van der Waals surface area contributed by atoms with Crippen LogP contribution in [0.3, 0.4) is 0 Å². The fourth-order valence-corrected chi connectivity index (χ4v) is 2.06. The molecule has 0 bridgehead atoms. The Kier molecular flexibility index (Phi) is 3.97. The molecule has 1 saturated heterocycles. The SMILES string of the molecule is CC1C(=O)NCCN1C(=O)CCn1cnc([N+](=O)[O-])c1. The van der Waals surface area contributed by atoms with Crippen LogP contribution in [0.1, 0.15) is 13.3 Å². The Balaban J connectivity index is 1.91. The molecule has 0 aliphatic carbocycles. The second kappa shape index (κ2) is 5.68. The molecule has 1 aliphatic heterocycles. The lowest BCUT2D eigenvalue weighted by Crippen LogP contribution is -2.55. The molecule has 1 fully saturated rings. The van der Waals surface area contributed by atoms with Gasteiger partial charge in [-0.15, -0.1) is 0 Å². The van der Waals surface area contributed by atoms with Crippen LogP contribution in [0, 0.1) is 10.1 Å². The number of hydrogen-bond acceptors (Lipinski definition) is 5. The van der Waals surface area contributed by atoms with Gasteiger partial charge in [-0.05, 0) is 16.8 Å². The minimum absolute atomic E-state index is 0.149. The molecule has 9 nitrogen and oxygen atoms in total. The van der Waals surface area contributed by atoms with Crippen molar-refractivity contribution >= 4 is 17.6 Å². The van der Waals surface area contributed by atoms with E-state index in [1.807, 2.05) is 0 Å². The summed E-state index contributed by atoms with van der Waals surface area (Å²) in [6.45, 7) is 2.90. The van der Waals surface area contributed by atoms with E-state index in [0.717, 1.165) is 0 Å². The van der Waals surface area contributed by atoms with Crippen LogP contribution in [-0.4, -0.2) is 50.3 Å². The van der Waals surface area contributed by atoms with E-state index >= 15 is 0 Å². The zero-order chi connectivity index (χ0) is 14.7. The average molecular weight is 281 g/mol. The first-order valence-electron chi connectivity index (χ1n) is 6.22. The quantitative estimate of drug-likeness (QED) is 0.592. The summed E-state index contributed by atoms with van der Waals surface area (Å²) in [6.07, 6.45) is 2.77. The maximum absolute atomic E-state index is 12.0. The average Bonchev–Trinajstić information content (AvgIpc) is 2.88. The maximum Gasteiger partial charge on any atom is 0.381 e. The van der Waals surface area contributed by atoms with Crippen LogP contribution in [-0.2, 0) is 16.1 Å². The highest BCUT2D eigenvalue weighted by molar-refractivity contribution is 5.88. The second-order valence-electron chi connectivity index (χ2n) is 4.53. The lowest BCUT2D eigenvalue weighted by atomic mass is 10.2. The second-order valence-corrected chi connectivity index (χ2v) is 4.53. The molecule has 0 radical (unpaired) electrons. The molecule has 2 heterocycles. The largest absolute Gasteiger partial charge is 0.381 e. The number of piperazine rings is 1. The van der Waals surface area contributed by atoms with Crippen molar-refractivity contribution in [3.63, 3.8) is 0 Å². The number of nitrogens with one attached hydrogen (secondary N) is 1. The Hall–Kier alpha value is -2.45. The summed E-state index contributed by atoms with van der Waals surface area (Å²) in [5, 5.41) is 13.2. The number of nitro groups is 1. The van der Waals surface area contributed by atoms with Gasteiger partial charge in [-0.25, -0.2) is 0 Å². The van der Waals surface area contributed by atoms with E-state index in [0.29, 0.717) is 19.6 Å². The molecule has 1 aliphatic rings. The van der Waals surface area contributed by atoms with E-state index in [2.05, 4.69) is 10.3 Å². The van der Waals surface area contributed by atoms with Crippen LogP contribution < -0.4 is 5.32 Å². The van der Waals surface area contributed by atoms with Gasteiger partial charge in [0.25, 0.3) is 0 Å². The standard InChI is InChI=1S/C11H15N5O4/c1-8-11(18)12-3-5-15(8)10(17)2-4-14-6-9(13-7-14)16(19)20/h6-8H,2-5H2,1H3,(H,12,18). The number of aromatic nitrogens is 2. The van der Waals surface area contributed by atoms with Crippen LogP contribution in [0.4, 0.5) is 5.82 Å². The van der Waals surface area contributed by atoms with Gasteiger partial charge < -0.3 is 24.9 Å². The third kappa shape index (κ3) is 2.92. The zero-order valence-electron chi connectivity index (χ0n) is 11.0. The van der Waals surface area contributed by atoms with E-state index in [9.17, 15) is 19.7 Å². The van der Waals surface area contributed by atoms with Crippen LogP contribution in [0.5, 0.6) is 0 Å². The Bertz CT molecular complexity index is 541. The number of hydrogen-bond donors (Lipinski definition) is 1. The first-order valence-corrected chi connectivity index (χ1v) is 6.22. The molecule has 1 N–H and O–H groups in total. The molecule has 0 spiro atoms. The topological polar surface area (TPSA) is 110 Å². The molecule has 1 aromatic rings. The van der Waals surface area contributed by atoms with E-state index in [1.165, 1.54) is 22.0 Å². The Morgan fingerprint density at radius 2 is 2.40 bits per heavy atom. The molecular formula is C11H15N5O4. The molecule has 2 rings (SSSR count). The molecule has 20 heavy (non-hydrogen) atoms. The van der Waals surface area contributed by atoms with Crippen molar-refractivity contribution in [1.29, 1.82) is 0 Å². The Morgan fingerprint density at radius 1 is 1.65 bits per heavy atom. The summed E-state index contributed by atoms with van der Waals surface area (Å²) in [7, 11) is 0. The van der Waals surface area contributed by atoms with Crippen LogP contribution in [0.25, 0.3) is 0 Å². The fourth-order valence-electron chi connectivity index (χ4n) is 2.06. The molecular weight excluding hydrogens is 266 g/mol. The number of carbonyl (C=O) groups excluding carboxylic acids is 2. The number of aryl methyl sites for hydroxylation is 1. The van der Waals surface area contributed by atoms with Crippen molar-refractivity contribution in [2.75, 3.05) is 13.1 Å². The lowest BCUT2D eigenvalue weighted by Gasteiger charge is -2.32. The summed E-state index contributed by atoms with van der Waals surface area (Å²) in [4.78, 5) is 38.5. The zero-order valence-corrected chi connectivity index (χ0v) is 11.0. The summed E-state index contributed by atoms with van der Waals surface area (Å²) in [6, 6.07) is -0.478. The molecule has 0 aromatic carbocycles. The van der Waals surface area contributed by atoms with Gasteiger partial charge >= 0.3 is 5.82 Å². The Morgan fingerprint density at radius 3 is 3.05 bits per heavy atom. The lowest BCUT2D eigenvalue weighted by molar-refractivity contribution is -0.389. The molecule has 1 aromatic heterocycles. The highest BCUT2D eigenvalue weighted by Gasteiger charge is 2.28. The summed E-state index contributed by atoms with van der Waals surface area (Å²) < 4.78 is 1.49. The smallest absolute Gasteiger partial charge is 0.358 e. The van der Waals surface area contributed by atoms with Crippen molar-refractivity contribution in [2.24, 2.45) is 0 Å². The minimum Gasteiger partial charge on any atom is -0.358 e. The molecule has 108 valence electrons. The maximum atomic E-state index is 12.0. The van der Waals surface area contributed by atoms with Gasteiger partial charge in [-0.2, -0.15) is 0 Å². The summed E-state index contributed by atoms with van der Waals surface area (Å²) >= 11 is 0. The minimum atomic E-state index is -0.588. The van der Waals surface area contributed by atoms with Crippen molar-refractivity contribution in [3.05, 3.63) is 22.6 Å². The summed E-state index contributed by atoms with van der Waals surface area (Å²) in [5.74, 6) is -0.560. The van der Waals surface area contributed by atoms with Gasteiger partial charge in [-0.1, -0.05) is 0 Å². The van der Waals surface area contributed by atoms with Crippen LogP contribution >= 0.6 is 0 Å². The van der Waals surface area contributed by atoms with E-state index in [1.54, 1.807) is 6.92 Å². The van der Waals surface area contributed by atoms with Crippen molar-refractivity contribution in [2.45, 2.75) is 25.9 Å². The molecule has 1 unspecified atom stereocenters. The van der Waals surface area contributed by atoms with Crippen LogP contribution in [0.15, 0.2) is 12.5 Å². The normalized spacial score (nSPS) is 18.8. The van der Waals surface area contributed by atoms with E-state index in [4.69, 9.17) is 0 Å². The summed E-state index contributed by atoms with van der Waals surface area (Å²) in [5.41, 5.74) is 0. The van der Waals surface area contributed by atoms with Gasteiger partial charge in [0.05, 0.1) is 0 Å². The number of nitrogens with zero attached hydrogens (tertiary/aromatic N) is 4. The highest BCUT2D eigenvalue weighted by Crippen LogP contribution is 2.09. The fraction of sp³-hybridized carbons (Fsp3) is 0.545. The van der Waals surface area contributed by atoms with Crippen LogP contribution in [0.2, 0.25) is 0 Å². The van der Waals surface area contributed by atoms with Gasteiger partial charge in [0.2, 0.25) is 18.1 Å². The van der Waals surface area contributed by atoms with Gasteiger partial charge in [0.1, 0.15) is 12.2 Å². The monoisotopic (exact) mass is 281 g/mol. The number of amides is 2. The highest BCUT2D eigenvalue weighted by atomic mass is 16.6. The third-order valence-electron chi connectivity index (χ3n) is 3.21. The van der Waals surface area contributed by atoms with E-state index in [-0.39, 0.29) is 24.1 Å². The third-order valence-corrected chi connectivity index (χ3v) is 3.21. The molecule has 0 saturated carbocycles. The number of carbonyl (C=O) groups is 2. The van der Waals surface area contributed by atoms with Crippen molar-refractivity contribution < 1.29 is 14.5 Å². The first kappa shape index (κ1) is 14.0. The van der Waals surface area contributed by atoms with Gasteiger partial charge in [0, 0.05) is 26.1 Å². The molecule has 9 heteroatoms. The van der Waals surface area contributed by atoms with Crippen molar-refractivity contribution in [1.82, 2.24) is 19.8 Å². The predicted octanol–water partition coefficient (Wildman–Crippen LogP) is -0.472. The van der Waals surface area contributed by atoms with Gasteiger partial charge in [0.15, 0.2) is 0 Å². The first-order chi connectivity index (χ1) is 9.49. The molecule has 2 amide bonds. The predicted molar refractivity (Wildman–Crippen MR) is 67.7 cm³/mol. The van der Waals surface area contributed by atoms with Crippen molar-refractivity contribution in [3.8, 4) is 0 Å². The van der Waals surface area contributed by atoms with Gasteiger partial charge in [-0.3, -0.25) is 9.59 Å². The number of imidazole rings is 1. The number of rotatable bonds is 4. The van der Waals surface area contributed by atoms with E-state index < -0.39 is 11.0 Å². The molecule has 1 atom stereocenters. The Labute approximate surface area is 114 Å².